The molecule has 112 valence electrons. The van der Waals surface area contributed by atoms with Gasteiger partial charge in [0.05, 0.1) is 0 Å². The van der Waals surface area contributed by atoms with E-state index in [1.807, 2.05) is 7.05 Å². The van der Waals surface area contributed by atoms with Gasteiger partial charge >= 0.3 is 0 Å². The van der Waals surface area contributed by atoms with Crippen molar-refractivity contribution in [2.24, 2.45) is 11.8 Å². The van der Waals surface area contributed by atoms with Gasteiger partial charge in [0, 0.05) is 6.54 Å². The maximum atomic E-state index is 4.05. The molecule has 19 heavy (non-hydrogen) atoms. The van der Waals surface area contributed by atoms with Gasteiger partial charge in [-0.3, -0.25) is 0 Å². The summed E-state index contributed by atoms with van der Waals surface area (Å²) in [5.74, 6) is 1.55. The maximum absolute atomic E-state index is 4.05. The van der Waals surface area contributed by atoms with Gasteiger partial charge < -0.3 is 10.2 Å². The lowest BCUT2D eigenvalue weighted by Gasteiger charge is -2.37. The molecule has 1 fully saturated rings. The summed E-state index contributed by atoms with van der Waals surface area (Å²) in [5, 5.41) is 3.28. The molecule has 0 aromatic heterocycles. The van der Waals surface area contributed by atoms with Gasteiger partial charge in [0.25, 0.3) is 0 Å². The van der Waals surface area contributed by atoms with E-state index in [1.165, 1.54) is 64.6 Å². The lowest BCUT2D eigenvalue weighted by atomic mass is 9.83. The molecule has 2 heteroatoms. The zero-order valence-corrected chi connectivity index (χ0v) is 13.2. The summed E-state index contributed by atoms with van der Waals surface area (Å²) in [6, 6.07) is 0. The van der Waals surface area contributed by atoms with Gasteiger partial charge in [0.15, 0.2) is 0 Å². The zero-order valence-electron chi connectivity index (χ0n) is 13.2. The van der Waals surface area contributed by atoms with Gasteiger partial charge in [0.1, 0.15) is 0 Å². The first-order chi connectivity index (χ1) is 9.31. The van der Waals surface area contributed by atoms with E-state index in [0.29, 0.717) is 5.92 Å². The Bertz CT molecular complexity index is 225. The molecular weight excluding hydrogens is 232 g/mol. The minimum absolute atomic E-state index is 0.706. The molecule has 0 aromatic rings. The standard InChI is InChI=1S/C17H34N2/c1-4-6-7-8-9-13-19-14-11-17(10-12-18-3)16(5-2)15-19/h5,16-18H,2,4,6-15H2,1,3H3. The first kappa shape index (κ1) is 16.7. The van der Waals surface area contributed by atoms with Gasteiger partial charge in [-0.1, -0.05) is 38.7 Å². The van der Waals surface area contributed by atoms with E-state index < -0.39 is 0 Å². The van der Waals surface area contributed by atoms with Gasteiger partial charge in [-0.05, 0) is 57.8 Å². The van der Waals surface area contributed by atoms with Crippen molar-refractivity contribution in [2.45, 2.75) is 51.9 Å². The number of hydrogen-bond acceptors (Lipinski definition) is 2. The van der Waals surface area contributed by atoms with Crippen LogP contribution in [0.25, 0.3) is 0 Å². The Morgan fingerprint density at radius 1 is 1.26 bits per heavy atom. The molecule has 0 saturated carbocycles. The molecule has 0 aromatic carbocycles. The third kappa shape index (κ3) is 6.58. The van der Waals surface area contributed by atoms with Crippen LogP contribution in [-0.2, 0) is 0 Å². The van der Waals surface area contributed by atoms with Crippen molar-refractivity contribution in [1.82, 2.24) is 10.2 Å². The van der Waals surface area contributed by atoms with E-state index in [1.54, 1.807) is 0 Å². The molecule has 2 atom stereocenters. The molecule has 1 aliphatic rings. The van der Waals surface area contributed by atoms with Crippen molar-refractivity contribution in [1.29, 1.82) is 0 Å². The number of hydrogen-bond donors (Lipinski definition) is 1. The van der Waals surface area contributed by atoms with Gasteiger partial charge in [-0.25, -0.2) is 0 Å². The van der Waals surface area contributed by atoms with Crippen LogP contribution in [0.5, 0.6) is 0 Å². The van der Waals surface area contributed by atoms with Gasteiger partial charge in [-0.2, -0.15) is 0 Å². The van der Waals surface area contributed by atoms with Crippen LogP contribution in [-0.4, -0.2) is 38.1 Å². The molecule has 1 heterocycles. The van der Waals surface area contributed by atoms with Gasteiger partial charge in [0.2, 0.25) is 0 Å². The Labute approximate surface area is 120 Å². The summed E-state index contributed by atoms with van der Waals surface area (Å²) in [7, 11) is 2.05. The summed E-state index contributed by atoms with van der Waals surface area (Å²) in [5.41, 5.74) is 0. The molecule has 1 rings (SSSR count). The predicted molar refractivity (Wildman–Crippen MR) is 85.5 cm³/mol. The van der Waals surface area contributed by atoms with E-state index >= 15 is 0 Å². The number of nitrogens with zero attached hydrogens (tertiary/aromatic N) is 1. The van der Waals surface area contributed by atoms with Crippen LogP contribution in [0.1, 0.15) is 51.9 Å². The van der Waals surface area contributed by atoms with E-state index in [4.69, 9.17) is 0 Å². The van der Waals surface area contributed by atoms with E-state index in [9.17, 15) is 0 Å². The fourth-order valence-electron chi connectivity index (χ4n) is 3.20. The van der Waals surface area contributed by atoms with Crippen LogP contribution in [0.2, 0.25) is 0 Å². The highest BCUT2D eigenvalue weighted by Crippen LogP contribution is 2.27. The molecule has 0 radical (unpaired) electrons. The van der Waals surface area contributed by atoms with Crippen LogP contribution < -0.4 is 5.32 Å². The second-order valence-corrected chi connectivity index (χ2v) is 6.06. The van der Waals surface area contributed by atoms with Gasteiger partial charge in [-0.15, -0.1) is 6.58 Å². The molecular formula is C17H34N2. The minimum Gasteiger partial charge on any atom is -0.320 e. The molecule has 0 spiro atoms. The van der Waals surface area contributed by atoms with Crippen LogP contribution in [0.4, 0.5) is 0 Å². The van der Waals surface area contributed by atoms with E-state index in [0.717, 1.165) is 12.5 Å². The van der Waals surface area contributed by atoms with Crippen LogP contribution in [0.15, 0.2) is 12.7 Å². The second-order valence-electron chi connectivity index (χ2n) is 6.06. The SMILES string of the molecule is C=CC1CN(CCCCCCC)CCC1CCNC. The first-order valence-corrected chi connectivity index (χ1v) is 8.31. The fourth-order valence-corrected chi connectivity index (χ4v) is 3.20. The number of piperidine rings is 1. The second kappa shape index (κ2) is 10.4. The number of unbranched alkanes of at least 4 members (excludes halogenated alkanes) is 4. The summed E-state index contributed by atoms with van der Waals surface area (Å²) in [6.07, 6.45) is 11.8. The highest BCUT2D eigenvalue weighted by Gasteiger charge is 2.26. The lowest BCUT2D eigenvalue weighted by Crippen LogP contribution is -2.40. The van der Waals surface area contributed by atoms with Crippen LogP contribution in [0, 0.1) is 11.8 Å². The maximum Gasteiger partial charge on any atom is 0.00469 e. The topological polar surface area (TPSA) is 15.3 Å². The lowest BCUT2D eigenvalue weighted by molar-refractivity contribution is 0.137. The molecule has 2 unspecified atom stereocenters. The number of rotatable bonds is 10. The predicted octanol–water partition coefficient (Wildman–Crippen LogP) is 3.69. The van der Waals surface area contributed by atoms with Crippen molar-refractivity contribution < 1.29 is 0 Å². The zero-order chi connectivity index (χ0) is 13.9. The molecule has 0 amide bonds. The largest absolute Gasteiger partial charge is 0.320 e. The molecule has 2 nitrogen and oxygen atoms in total. The third-order valence-corrected chi connectivity index (χ3v) is 4.54. The summed E-state index contributed by atoms with van der Waals surface area (Å²) >= 11 is 0. The molecule has 0 aliphatic carbocycles. The van der Waals surface area contributed by atoms with Crippen molar-refractivity contribution in [3.05, 3.63) is 12.7 Å². The van der Waals surface area contributed by atoms with Crippen LogP contribution >= 0.6 is 0 Å². The Balaban J connectivity index is 2.19. The summed E-state index contributed by atoms with van der Waals surface area (Å²) in [6.45, 7) is 11.3. The number of likely N-dealkylation sites (tertiary alicyclic amines) is 1. The highest BCUT2D eigenvalue weighted by molar-refractivity contribution is 4.91. The van der Waals surface area contributed by atoms with Crippen LogP contribution in [0.3, 0.4) is 0 Å². The molecule has 1 saturated heterocycles. The minimum atomic E-state index is 0.706. The Morgan fingerprint density at radius 3 is 2.74 bits per heavy atom. The number of nitrogens with one attached hydrogen (secondary N) is 1. The fraction of sp³-hybridized carbons (Fsp3) is 0.882. The highest BCUT2D eigenvalue weighted by atomic mass is 15.1. The quantitative estimate of drug-likeness (QED) is 0.479. The third-order valence-electron chi connectivity index (χ3n) is 4.54. The Hall–Kier alpha value is -0.340. The Kier molecular flexibility index (Phi) is 9.19. The van der Waals surface area contributed by atoms with E-state index in [-0.39, 0.29) is 0 Å². The van der Waals surface area contributed by atoms with Crippen molar-refractivity contribution >= 4 is 0 Å². The average molecular weight is 266 g/mol. The monoisotopic (exact) mass is 266 g/mol. The smallest absolute Gasteiger partial charge is 0.00469 e. The summed E-state index contributed by atoms with van der Waals surface area (Å²) in [4.78, 5) is 2.66. The molecule has 0 bridgehead atoms. The van der Waals surface area contributed by atoms with E-state index in [2.05, 4.69) is 29.8 Å². The summed E-state index contributed by atoms with van der Waals surface area (Å²) < 4.78 is 0. The first-order valence-electron chi connectivity index (χ1n) is 8.31. The Morgan fingerprint density at radius 2 is 2.05 bits per heavy atom. The molecule has 1 aliphatic heterocycles. The van der Waals surface area contributed by atoms with Crippen molar-refractivity contribution in [3.63, 3.8) is 0 Å². The average Bonchev–Trinajstić information content (AvgIpc) is 2.45. The molecule has 1 N–H and O–H groups in total. The van der Waals surface area contributed by atoms with Crippen molar-refractivity contribution in [2.75, 3.05) is 33.2 Å². The van der Waals surface area contributed by atoms with Crippen molar-refractivity contribution in [3.8, 4) is 0 Å². The normalized spacial score (nSPS) is 24.5.